The van der Waals surface area contributed by atoms with Gasteiger partial charge in [-0.25, -0.2) is 0 Å². The Balaban J connectivity index is 2.30. The van der Waals surface area contributed by atoms with Crippen LogP contribution < -0.4 is 5.73 Å². The van der Waals surface area contributed by atoms with Crippen molar-refractivity contribution in [2.45, 2.75) is 64.2 Å². The lowest BCUT2D eigenvalue weighted by Gasteiger charge is -2.37. The molecule has 0 spiro atoms. The largest absolute Gasteiger partial charge is 0.379 e. The van der Waals surface area contributed by atoms with Gasteiger partial charge in [0.2, 0.25) is 0 Å². The van der Waals surface area contributed by atoms with Crippen LogP contribution >= 0.6 is 0 Å². The summed E-state index contributed by atoms with van der Waals surface area (Å²) in [6.45, 7) is 5.09. The van der Waals surface area contributed by atoms with Gasteiger partial charge in [-0.1, -0.05) is 45.3 Å². The Labute approximate surface area is 112 Å². The van der Waals surface area contributed by atoms with E-state index in [-0.39, 0.29) is 18.2 Å². The number of unbranched alkanes of at least 4 members (excludes halogenated alkanes) is 4. The predicted octanol–water partition coefficient (Wildman–Crippen LogP) is 2.89. The fraction of sp³-hybridized carbons (Fsp3) is 0.867. The van der Waals surface area contributed by atoms with Gasteiger partial charge < -0.3 is 15.2 Å². The van der Waals surface area contributed by atoms with Gasteiger partial charge in [0.15, 0.2) is 0 Å². The maximum atomic E-state index is 6.19. The molecule has 1 rings (SSSR count). The third kappa shape index (κ3) is 4.71. The van der Waals surface area contributed by atoms with Crippen molar-refractivity contribution in [3.05, 3.63) is 12.2 Å². The summed E-state index contributed by atoms with van der Waals surface area (Å²) in [5.74, 6) is 0.374. The smallest absolute Gasteiger partial charge is 0.0932 e. The first-order chi connectivity index (χ1) is 8.70. The van der Waals surface area contributed by atoms with Crippen LogP contribution in [0.15, 0.2) is 12.2 Å². The van der Waals surface area contributed by atoms with E-state index >= 15 is 0 Å². The molecule has 1 fully saturated rings. The molecule has 1 heterocycles. The zero-order valence-electron chi connectivity index (χ0n) is 12.1. The summed E-state index contributed by atoms with van der Waals surface area (Å²) in [6.07, 6.45) is 10.8. The van der Waals surface area contributed by atoms with Crippen molar-refractivity contribution in [3.63, 3.8) is 0 Å². The first-order valence-corrected chi connectivity index (χ1v) is 7.27. The van der Waals surface area contributed by atoms with Crippen LogP contribution in [0, 0.1) is 5.92 Å². The quantitative estimate of drug-likeness (QED) is 0.562. The fourth-order valence-corrected chi connectivity index (χ4v) is 2.53. The summed E-state index contributed by atoms with van der Waals surface area (Å²) in [4.78, 5) is 0. The zero-order chi connectivity index (χ0) is 13.4. The zero-order valence-corrected chi connectivity index (χ0v) is 12.1. The van der Waals surface area contributed by atoms with Crippen LogP contribution in [-0.2, 0) is 9.47 Å². The van der Waals surface area contributed by atoms with Crippen LogP contribution in [0.4, 0.5) is 0 Å². The SMILES string of the molecule is CCCCCC/C=C/[C@@H]1OC[C@H](C)[C@H](OC)[C@H]1N. The Morgan fingerprint density at radius 2 is 2.11 bits per heavy atom. The summed E-state index contributed by atoms with van der Waals surface area (Å²) < 4.78 is 11.2. The minimum Gasteiger partial charge on any atom is -0.379 e. The Morgan fingerprint density at radius 1 is 1.33 bits per heavy atom. The molecule has 0 aliphatic carbocycles. The Morgan fingerprint density at radius 3 is 2.78 bits per heavy atom. The molecule has 3 nitrogen and oxygen atoms in total. The Bertz CT molecular complexity index is 243. The van der Waals surface area contributed by atoms with E-state index in [1.807, 2.05) is 0 Å². The van der Waals surface area contributed by atoms with Gasteiger partial charge in [0, 0.05) is 13.0 Å². The standard InChI is InChI=1S/C15H29NO2/c1-4-5-6-7-8-9-10-13-14(16)15(17-3)12(2)11-18-13/h9-10,12-15H,4-8,11,16H2,1-3H3/b10-9+/t12-,13-,14-,15-/m0/s1. The maximum Gasteiger partial charge on any atom is 0.0932 e. The van der Waals surface area contributed by atoms with Gasteiger partial charge in [0.05, 0.1) is 24.9 Å². The lowest BCUT2D eigenvalue weighted by Crippen LogP contribution is -2.54. The van der Waals surface area contributed by atoms with Crippen LogP contribution in [0.25, 0.3) is 0 Å². The van der Waals surface area contributed by atoms with Crippen molar-refractivity contribution in [2.24, 2.45) is 11.7 Å². The molecule has 0 radical (unpaired) electrons. The van der Waals surface area contributed by atoms with Gasteiger partial charge in [0.1, 0.15) is 0 Å². The molecule has 18 heavy (non-hydrogen) atoms. The lowest BCUT2D eigenvalue weighted by atomic mass is 9.91. The maximum absolute atomic E-state index is 6.19. The minimum absolute atomic E-state index is 0.0114. The van der Waals surface area contributed by atoms with Crippen molar-refractivity contribution >= 4 is 0 Å². The second-order valence-corrected chi connectivity index (χ2v) is 5.33. The number of nitrogens with two attached hydrogens (primary N) is 1. The van der Waals surface area contributed by atoms with E-state index < -0.39 is 0 Å². The van der Waals surface area contributed by atoms with E-state index in [1.165, 1.54) is 25.7 Å². The van der Waals surface area contributed by atoms with Gasteiger partial charge in [-0.05, 0) is 12.8 Å². The monoisotopic (exact) mass is 255 g/mol. The van der Waals surface area contributed by atoms with Crippen molar-refractivity contribution in [2.75, 3.05) is 13.7 Å². The van der Waals surface area contributed by atoms with Crippen molar-refractivity contribution in [3.8, 4) is 0 Å². The highest BCUT2D eigenvalue weighted by atomic mass is 16.5. The van der Waals surface area contributed by atoms with Crippen molar-refractivity contribution in [1.29, 1.82) is 0 Å². The topological polar surface area (TPSA) is 44.5 Å². The first kappa shape index (κ1) is 15.7. The summed E-state index contributed by atoms with van der Waals surface area (Å²) in [5.41, 5.74) is 6.19. The highest BCUT2D eigenvalue weighted by Gasteiger charge is 2.34. The predicted molar refractivity (Wildman–Crippen MR) is 75.6 cm³/mol. The summed E-state index contributed by atoms with van der Waals surface area (Å²) in [5, 5.41) is 0. The second-order valence-electron chi connectivity index (χ2n) is 5.33. The second kappa shape index (κ2) is 8.68. The molecule has 0 bridgehead atoms. The molecule has 0 aromatic carbocycles. The minimum atomic E-state index is -0.0503. The normalized spacial score (nSPS) is 33.1. The number of methoxy groups -OCH3 is 1. The number of allylic oxidation sites excluding steroid dienone is 1. The number of hydrogen-bond donors (Lipinski definition) is 1. The van der Waals surface area contributed by atoms with Crippen molar-refractivity contribution < 1.29 is 9.47 Å². The molecule has 3 heteroatoms. The average Bonchev–Trinajstić information content (AvgIpc) is 2.36. The molecule has 106 valence electrons. The van der Waals surface area contributed by atoms with E-state index in [0.717, 1.165) is 13.0 Å². The third-order valence-corrected chi connectivity index (χ3v) is 3.69. The number of ether oxygens (including phenoxy) is 2. The van der Waals surface area contributed by atoms with Gasteiger partial charge >= 0.3 is 0 Å². The molecule has 2 N–H and O–H groups in total. The fourth-order valence-electron chi connectivity index (χ4n) is 2.53. The third-order valence-electron chi connectivity index (χ3n) is 3.69. The highest BCUT2D eigenvalue weighted by Crippen LogP contribution is 2.22. The van der Waals surface area contributed by atoms with Crippen LogP contribution in [0.2, 0.25) is 0 Å². The van der Waals surface area contributed by atoms with Gasteiger partial charge in [0.25, 0.3) is 0 Å². The molecule has 0 aromatic rings. The number of rotatable bonds is 7. The Hall–Kier alpha value is -0.380. The van der Waals surface area contributed by atoms with Gasteiger partial charge in [-0.3, -0.25) is 0 Å². The first-order valence-electron chi connectivity index (χ1n) is 7.27. The van der Waals surface area contributed by atoms with Crippen LogP contribution in [0.3, 0.4) is 0 Å². The summed E-state index contributed by atoms with van der Waals surface area (Å²) in [6, 6.07) is -0.0503. The molecule has 1 saturated heterocycles. The van der Waals surface area contributed by atoms with Crippen molar-refractivity contribution in [1.82, 2.24) is 0 Å². The van der Waals surface area contributed by atoms with Gasteiger partial charge in [-0.15, -0.1) is 0 Å². The Kier molecular flexibility index (Phi) is 7.56. The van der Waals surface area contributed by atoms with E-state index in [2.05, 4.69) is 26.0 Å². The van der Waals surface area contributed by atoms with Crippen LogP contribution in [0.1, 0.15) is 46.0 Å². The molecule has 0 saturated carbocycles. The highest BCUT2D eigenvalue weighted by molar-refractivity contribution is 5.01. The van der Waals surface area contributed by atoms with E-state index in [9.17, 15) is 0 Å². The lowest BCUT2D eigenvalue weighted by molar-refractivity contribution is -0.0899. The molecular weight excluding hydrogens is 226 g/mol. The van der Waals surface area contributed by atoms with Gasteiger partial charge in [-0.2, -0.15) is 0 Å². The molecule has 0 amide bonds. The summed E-state index contributed by atoms with van der Waals surface area (Å²) in [7, 11) is 1.73. The molecule has 4 atom stereocenters. The average molecular weight is 255 g/mol. The van der Waals surface area contributed by atoms with E-state index in [0.29, 0.717) is 5.92 Å². The van der Waals surface area contributed by atoms with Crippen LogP contribution in [-0.4, -0.2) is 32.0 Å². The molecule has 0 aromatic heterocycles. The van der Waals surface area contributed by atoms with E-state index in [4.69, 9.17) is 15.2 Å². The van der Waals surface area contributed by atoms with E-state index in [1.54, 1.807) is 7.11 Å². The molecule has 1 aliphatic heterocycles. The van der Waals surface area contributed by atoms with Crippen LogP contribution in [0.5, 0.6) is 0 Å². The molecular formula is C15H29NO2. The number of hydrogen-bond acceptors (Lipinski definition) is 3. The summed E-state index contributed by atoms with van der Waals surface area (Å²) >= 11 is 0. The molecule has 0 unspecified atom stereocenters. The molecule has 1 aliphatic rings.